The number of aryl methyl sites for hydroxylation is 2. The summed E-state index contributed by atoms with van der Waals surface area (Å²) in [7, 11) is 0. The van der Waals surface area contributed by atoms with E-state index in [1.165, 1.54) is 0 Å². The average Bonchev–Trinajstić information content (AvgIpc) is 3.16. The summed E-state index contributed by atoms with van der Waals surface area (Å²) in [6.07, 6.45) is 2.20. The second kappa shape index (κ2) is 5.37. The van der Waals surface area contributed by atoms with Crippen LogP contribution in [0.3, 0.4) is 0 Å². The third kappa shape index (κ3) is 2.55. The molecule has 0 aromatic heterocycles. The Balaban J connectivity index is 1.98. The van der Waals surface area contributed by atoms with Crippen LogP contribution < -0.4 is 0 Å². The van der Waals surface area contributed by atoms with Crippen molar-refractivity contribution in [3.8, 4) is 0 Å². The topological polar surface area (TPSA) is 57.6 Å². The van der Waals surface area contributed by atoms with E-state index < -0.39 is 12.0 Å². The summed E-state index contributed by atoms with van der Waals surface area (Å²) in [4.78, 5) is 26.1. The average molecular weight is 305 g/mol. The predicted octanol–water partition coefficient (Wildman–Crippen LogP) is 2.68. The van der Waals surface area contributed by atoms with Gasteiger partial charge in [0.2, 0.25) is 0 Å². The van der Waals surface area contributed by atoms with E-state index in [1.54, 1.807) is 16.7 Å². The van der Waals surface area contributed by atoms with E-state index in [0.717, 1.165) is 24.0 Å². The Morgan fingerprint density at radius 3 is 2.38 bits per heavy atom. The highest BCUT2D eigenvalue weighted by Crippen LogP contribution is 2.46. The largest absolute Gasteiger partial charge is 0.480 e. The van der Waals surface area contributed by atoms with Gasteiger partial charge in [-0.2, -0.15) is 0 Å². The van der Waals surface area contributed by atoms with Crippen molar-refractivity contribution in [3.63, 3.8) is 0 Å². The molecule has 2 atom stereocenters. The molecule has 1 amide bonds. The number of hydrogen-bond acceptors (Lipinski definition) is 3. The summed E-state index contributed by atoms with van der Waals surface area (Å²) >= 11 is 1.62. The van der Waals surface area contributed by atoms with Gasteiger partial charge in [0.05, 0.1) is 5.37 Å². The first-order valence-electron chi connectivity index (χ1n) is 7.24. The van der Waals surface area contributed by atoms with Gasteiger partial charge in [0.1, 0.15) is 6.04 Å². The molecule has 1 N–H and O–H groups in total. The van der Waals surface area contributed by atoms with Gasteiger partial charge in [-0.1, -0.05) is 18.2 Å². The quantitative estimate of drug-likeness (QED) is 0.933. The van der Waals surface area contributed by atoms with E-state index >= 15 is 0 Å². The lowest BCUT2D eigenvalue weighted by Crippen LogP contribution is -2.46. The van der Waals surface area contributed by atoms with Crippen LogP contribution in [-0.4, -0.2) is 39.1 Å². The molecule has 1 saturated heterocycles. The normalized spacial score (nSPS) is 25.1. The van der Waals surface area contributed by atoms with Gasteiger partial charge in [0.25, 0.3) is 5.91 Å². The number of thioether (sulfide) groups is 1. The minimum atomic E-state index is -0.898. The van der Waals surface area contributed by atoms with Gasteiger partial charge in [-0.05, 0) is 43.7 Å². The fourth-order valence-corrected chi connectivity index (χ4v) is 4.63. The van der Waals surface area contributed by atoms with Crippen LogP contribution in [0.25, 0.3) is 0 Å². The molecule has 0 radical (unpaired) electrons. The molecule has 2 fully saturated rings. The van der Waals surface area contributed by atoms with Crippen molar-refractivity contribution >= 4 is 23.6 Å². The van der Waals surface area contributed by atoms with Crippen LogP contribution >= 0.6 is 11.8 Å². The zero-order valence-electron chi connectivity index (χ0n) is 12.2. The van der Waals surface area contributed by atoms with Crippen molar-refractivity contribution in [1.29, 1.82) is 0 Å². The number of benzene rings is 1. The maximum Gasteiger partial charge on any atom is 0.327 e. The van der Waals surface area contributed by atoms with Gasteiger partial charge in [-0.15, -0.1) is 11.8 Å². The molecule has 1 aliphatic carbocycles. The first-order valence-corrected chi connectivity index (χ1v) is 8.29. The molecular formula is C16H19NO3S. The number of carboxylic acids is 1. The molecule has 5 heteroatoms. The van der Waals surface area contributed by atoms with E-state index in [9.17, 15) is 14.7 Å². The highest BCUT2D eigenvalue weighted by atomic mass is 32.2. The number of hydrogen-bond donors (Lipinski definition) is 1. The molecule has 21 heavy (non-hydrogen) atoms. The number of carboxylic acid groups (broad SMARTS) is 1. The number of carbonyl (C=O) groups excluding carboxylic acids is 1. The smallest absolute Gasteiger partial charge is 0.327 e. The lowest BCUT2D eigenvalue weighted by molar-refractivity contribution is -0.141. The van der Waals surface area contributed by atoms with Crippen LogP contribution in [0.15, 0.2) is 18.2 Å². The molecule has 3 rings (SSSR count). The van der Waals surface area contributed by atoms with Gasteiger partial charge in [0.15, 0.2) is 0 Å². The Morgan fingerprint density at radius 1 is 1.24 bits per heavy atom. The monoisotopic (exact) mass is 305 g/mol. The van der Waals surface area contributed by atoms with Crippen molar-refractivity contribution in [2.45, 2.75) is 38.1 Å². The molecule has 1 aliphatic heterocycles. The van der Waals surface area contributed by atoms with Crippen LogP contribution in [0.4, 0.5) is 0 Å². The van der Waals surface area contributed by atoms with Gasteiger partial charge in [-0.3, -0.25) is 4.79 Å². The Labute approximate surface area is 128 Å². The van der Waals surface area contributed by atoms with Crippen molar-refractivity contribution in [1.82, 2.24) is 4.90 Å². The van der Waals surface area contributed by atoms with Crippen molar-refractivity contribution in [3.05, 3.63) is 34.9 Å². The molecule has 4 nitrogen and oxygen atoms in total. The SMILES string of the molecule is Cc1cccc(C)c1C(=O)N1C(C(=O)O)CSC1C1CC1. The fraction of sp³-hybridized carbons (Fsp3) is 0.500. The van der Waals surface area contributed by atoms with E-state index in [1.807, 2.05) is 32.0 Å². The summed E-state index contributed by atoms with van der Waals surface area (Å²) in [5.41, 5.74) is 2.49. The Kier molecular flexibility index (Phi) is 3.69. The second-order valence-electron chi connectivity index (χ2n) is 5.89. The molecule has 2 aliphatic rings. The molecular weight excluding hydrogens is 286 g/mol. The van der Waals surface area contributed by atoms with Crippen molar-refractivity contribution < 1.29 is 14.7 Å². The van der Waals surface area contributed by atoms with E-state index in [4.69, 9.17) is 0 Å². The van der Waals surface area contributed by atoms with Gasteiger partial charge >= 0.3 is 5.97 Å². The molecule has 112 valence electrons. The fourth-order valence-electron chi connectivity index (χ4n) is 3.00. The second-order valence-corrected chi connectivity index (χ2v) is 7.04. The van der Waals surface area contributed by atoms with Crippen LogP contribution in [0.2, 0.25) is 0 Å². The van der Waals surface area contributed by atoms with Gasteiger partial charge in [0, 0.05) is 11.3 Å². The summed E-state index contributed by atoms with van der Waals surface area (Å²) < 4.78 is 0. The Hall–Kier alpha value is -1.49. The summed E-state index contributed by atoms with van der Waals surface area (Å²) in [5, 5.41) is 9.46. The van der Waals surface area contributed by atoms with Crippen molar-refractivity contribution in [2.24, 2.45) is 5.92 Å². The van der Waals surface area contributed by atoms with Crippen LogP contribution in [0, 0.1) is 19.8 Å². The third-order valence-electron chi connectivity index (χ3n) is 4.27. The zero-order chi connectivity index (χ0) is 15.1. The lowest BCUT2D eigenvalue weighted by Gasteiger charge is -2.28. The number of rotatable bonds is 3. The standard InChI is InChI=1S/C16H19NO3S/c1-9-4-3-5-10(2)13(9)14(18)17-12(16(19)20)8-21-15(17)11-6-7-11/h3-5,11-12,15H,6-8H2,1-2H3,(H,19,20). The minimum absolute atomic E-state index is 0.0256. The molecule has 2 unspecified atom stereocenters. The maximum atomic E-state index is 13.0. The molecule has 1 aromatic rings. The lowest BCUT2D eigenvalue weighted by atomic mass is 10.0. The highest BCUT2D eigenvalue weighted by Gasteiger charge is 2.48. The first-order chi connectivity index (χ1) is 10.0. The van der Waals surface area contributed by atoms with Crippen LogP contribution in [0.5, 0.6) is 0 Å². The number of amides is 1. The number of aliphatic carboxylic acids is 1. The van der Waals surface area contributed by atoms with Gasteiger partial charge in [-0.25, -0.2) is 4.79 Å². The van der Waals surface area contributed by atoms with E-state index in [0.29, 0.717) is 17.2 Å². The van der Waals surface area contributed by atoms with E-state index in [2.05, 4.69) is 0 Å². The highest BCUT2D eigenvalue weighted by molar-refractivity contribution is 8.00. The van der Waals surface area contributed by atoms with Crippen LogP contribution in [-0.2, 0) is 4.79 Å². The number of carbonyl (C=O) groups is 2. The predicted molar refractivity (Wildman–Crippen MR) is 82.5 cm³/mol. The molecule has 1 heterocycles. The summed E-state index contributed by atoms with van der Waals surface area (Å²) in [6, 6.07) is 5.04. The molecule has 1 saturated carbocycles. The molecule has 1 aromatic carbocycles. The maximum absolute atomic E-state index is 13.0. The van der Waals surface area contributed by atoms with Crippen molar-refractivity contribution in [2.75, 3.05) is 5.75 Å². The third-order valence-corrected chi connectivity index (χ3v) is 5.74. The zero-order valence-corrected chi connectivity index (χ0v) is 13.0. The Bertz CT molecular complexity index is 577. The Morgan fingerprint density at radius 2 is 1.86 bits per heavy atom. The molecule has 0 bridgehead atoms. The van der Waals surface area contributed by atoms with E-state index in [-0.39, 0.29) is 11.3 Å². The van der Waals surface area contributed by atoms with Gasteiger partial charge < -0.3 is 10.0 Å². The summed E-state index contributed by atoms with van der Waals surface area (Å²) in [6.45, 7) is 3.82. The number of nitrogens with zero attached hydrogens (tertiary/aromatic N) is 1. The van der Waals surface area contributed by atoms with Crippen LogP contribution in [0.1, 0.15) is 34.3 Å². The minimum Gasteiger partial charge on any atom is -0.480 e. The first kappa shape index (κ1) is 14.4. The summed E-state index contributed by atoms with van der Waals surface area (Å²) in [5.74, 6) is -0.0644. The molecule has 0 spiro atoms.